The lowest BCUT2D eigenvalue weighted by atomic mass is 9.88. The van der Waals surface area contributed by atoms with E-state index >= 15 is 0 Å². The van der Waals surface area contributed by atoms with Gasteiger partial charge < -0.3 is 5.11 Å². The largest absolute Gasteiger partial charge is 0.480 e. The van der Waals surface area contributed by atoms with E-state index in [-0.39, 0.29) is 0 Å². The molecule has 15 heavy (non-hydrogen) atoms. The molecule has 0 aromatic carbocycles. The summed E-state index contributed by atoms with van der Waals surface area (Å²) in [6.45, 7) is 0. The van der Waals surface area contributed by atoms with Gasteiger partial charge in [-0.25, -0.2) is 0 Å². The van der Waals surface area contributed by atoms with Crippen LogP contribution in [0.1, 0.15) is 32.1 Å². The fourth-order valence-corrected chi connectivity index (χ4v) is 3.94. The van der Waals surface area contributed by atoms with Gasteiger partial charge in [-0.15, -0.1) is 10.2 Å². The predicted molar refractivity (Wildman–Crippen MR) is 59.2 cm³/mol. The van der Waals surface area contributed by atoms with Crippen molar-refractivity contribution < 1.29 is 9.90 Å². The maximum Gasteiger partial charge on any atom is 0.320 e. The number of aliphatic carboxylic acids is 1. The van der Waals surface area contributed by atoms with Crippen molar-refractivity contribution in [2.75, 3.05) is 0 Å². The number of thioether (sulfide) groups is 1. The number of rotatable bonds is 3. The minimum atomic E-state index is -0.706. The Hall–Kier alpha value is -0.620. The van der Waals surface area contributed by atoms with Gasteiger partial charge in [-0.1, -0.05) is 42.4 Å². The maximum absolute atomic E-state index is 11.3. The van der Waals surface area contributed by atoms with Crippen LogP contribution >= 0.6 is 23.1 Å². The Labute approximate surface area is 96.1 Å². The fraction of sp³-hybridized carbons (Fsp3) is 0.667. The summed E-state index contributed by atoms with van der Waals surface area (Å²) in [6, 6.07) is 0. The molecule has 4 nitrogen and oxygen atoms in total. The standard InChI is InChI=1S/C9H12N2O2S2/c12-7(13)9(4-2-1-3-5-9)15-8-11-10-6-14-8/h6H,1-5H2,(H,12,13). The van der Waals surface area contributed by atoms with Crippen LogP contribution in [0.15, 0.2) is 9.85 Å². The number of hydrogen-bond acceptors (Lipinski definition) is 5. The number of carboxylic acid groups (broad SMARTS) is 1. The van der Waals surface area contributed by atoms with Crippen LogP contribution in [0.25, 0.3) is 0 Å². The summed E-state index contributed by atoms with van der Waals surface area (Å²) in [5.41, 5.74) is 1.64. The van der Waals surface area contributed by atoms with Gasteiger partial charge in [0.05, 0.1) is 0 Å². The summed E-state index contributed by atoms with van der Waals surface area (Å²) in [7, 11) is 0. The Balaban J connectivity index is 2.15. The van der Waals surface area contributed by atoms with Gasteiger partial charge in [0.1, 0.15) is 10.3 Å². The van der Waals surface area contributed by atoms with Gasteiger partial charge in [-0.2, -0.15) is 0 Å². The van der Waals surface area contributed by atoms with E-state index in [0.29, 0.717) is 0 Å². The first kappa shape index (κ1) is 10.9. The maximum atomic E-state index is 11.3. The van der Waals surface area contributed by atoms with Crippen LogP contribution in [-0.2, 0) is 4.79 Å². The number of aromatic nitrogens is 2. The van der Waals surface area contributed by atoms with Crippen molar-refractivity contribution in [2.24, 2.45) is 0 Å². The van der Waals surface area contributed by atoms with E-state index in [1.54, 1.807) is 5.51 Å². The highest BCUT2D eigenvalue weighted by Crippen LogP contribution is 2.44. The fourth-order valence-electron chi connectivity index (χ4n) is 1.86. The molecule has 1 N–H and O–H groups in total. The zero-order valence-corrected chi connectivity index (χ0v) is 9.81. The van der Waals surface area contributed by atoms with Crippen LogP contribution in [0.4, 0.5) is 0 Å². The molecule has 0 spiro atoms. The van der Waals surface area contributed by atoms with E-state index in [0.717, 1.165) is 36.4 Å². The van der Waals surface area contributed by atoms with Gasteiger partial charge in [0.15, 0.2) is 4.34 Å². The van der Waals surface area contributed by atoms with Crippen LogP contribution in [0, 0.1) is 0 Å². The molecule has 0 amide bonds. The second-order valence-corrected chi connectivity index (χ2v) is 6.13. The predicted octanol–water partition coefficient (Wildman–Crippen LogP) is 2.42. The van der Waals surface area contributed by atoms with Gasteiger partial charge in [-0.3, -0.25) is 4.79 Å². The van der Waals surface area contributed by atoms with Gasteiger partial charge in [0.25, 0.3) is 0 Å². The molecule has 1 saturated carbocycles. The van der Waals surface area contributed by atoms with Crippen molar-refractivity contribution in [1.82, 2.24) is 10.2 Å². The zero-order chi connectivity index (χ0) is 10.7. The lowest BCUT2D eigenvalue weighted by Gasteiger charge is -2.31. The van der Waals surface area contributed by atoms with E-state index < -0.39 is 10.7 Å². The topological polar surface area (TPSA) is 63.1 Å². The lowest BCUT2D eigenvalue weighted by Crippen LogP contribution is -2.37. The molecule has 0 atom stereocenters. The molecule has 1 aromatic heterocycles. The first-order chi connectivity index (χ1) is 7.23. The zero-order valence-electron chi connectivity index (χ0n) is 8.18. The lowest BCUT2D eigenvalue weighted by molar-refractivity contribution is -0.140. The van der Waals surface area contributed by atoms with E-state index in [2.05, 4.69) is 10.2 Å². The second-order valence-electron chi connectivity index (χ2n) is 3.67. The molecule has 0 unspecified atom stereocenters. The highest BCUT2D eigenvalue weighted by molar-refractivity contribution is 8.03. The van der Waals surface area contributed by atoms with Crippen molar-refractivity contribution in [1.29, 1.82) is 0 Å². The molecule has 82 valence electrons. The molecule has 1 aliphatic carbocycles. The van der Waals surface area contributed by atoms with E-state index in [1.807, 2.05) is 0 Å². The smallest absolute Gasteiger partial charge is 0.320 e. The van der Waals surface area contributed by atoms with Crippen molar-refractivity contribution in [3.8, 4) is 0 Å². The van der Waals surface area contributed by atoms with Crippen molar-refractivity contribution >= 4 is 29.1 Å². The van der Waals surface area contributed by atoms with Gasteiger partial charge in [-0.05, 0) is 12.8 Å². The summed E-state index contributed by atoms with van der Waals surface area (Å²) in [5.74, 6) is -0.706. The molecule has 0 radical (unpaired) electrons. The monoisotopic (exact) mass is 244 g/mol. The van der Waals surface area contributed by atoms with Crippen LogP contribution in [0.5, 0.6) is 0 Å². The van der Waals surface area contributed by atoms with E-state index in [4.69, 9.17) is 0 Å². The minimum Gasteiger partial charge on any atom is -0.480 e. The summed E-state index contributed by atoms with van der Waals surface area (Å²) < 4.78 is 0.108. The van der Waals surface area contributed by atoms with Crippen LogP contribution in [0.3, 0.4) is 0 Å². The molecule has 6 heteroatoms. The third kappa shape index (κ3) is 2.31. The number of carboxylic acids is 1. The van der Waals surface area contributed by atoms with Gasteiger partial charge in [0, 0.05) is 0 Å². The molecule has 2 rings (SSSR count). The van der Waals surface area contributed by atoms with Crippen LogP contribution in [-0.4, -0.2) is 26.0 Å². The van der Waals surface area contributed by atoms with Crippen molar-refractivity contribution in [3.05, 3.63) is 5.51 Å². The first-order valence-corrected chi connectivity index (χ1v) is 6.61. The average molecular weight is 244 g/mol. The third-order valence-electron chi connectivity index (χ3n) is 2.67. The Kier molecular flexibility index (Phi) is 3.25. The molecule has 1 aliphatic rings. The SMILES string of the molecule is O=C(O)C1(Sc2nncs2)CCCCC1. The van der Waals surface area contributed by atoms with Crippen LogP contribution < -0.4 is 0 Å². The molecule has 0 bridgehead atoms. The summed E-state index contributed by atoms with van der Waals surface area (Å²) in [6.07, 6.45) is 4.63. The molecule has 1 fully saturated rings. The van der Waals surface area contributed by atoms with Crippen LogP contribution in [0.2, 0.25) is 0 Å². The number of nitrogens with zero attached hydrogens (tertiary/aromatic N) is 2. The number of carbonyl (C=O) groups is 1. The van der Waals surface area contributed by atoms with E-state index in [1.165, 1.54) is 23.1 Å². The highest BCUT2D eigenvalue weighted by Gasteiger charge is 2.41. The van der Waals surface area contributed by atoms with E-state index in [9.17, 15) is 9.90 Å². The summed E-state index contributed by atoms with van der Waals surface area (Å²) in [4.78, 5) is 11.3. The van der Waals surface area contributed by atoms with Crippen molar-refractivity contribution in [3.63, 3.8) is 0 Å². The molecule has 1 heterocycles. The highest BCUT2D eigenvalue weighted by atomic mass is 32.2. The molecular weight excluding hydrogens is 232 g/mol. The molecule has 1 aromatic rings. The molecule has 0 aliphatic heterocycles. The minimum absolute atomic E-state index is 0.655. The van der Waals surface area contributed by atoms with Gasteiger partial charge >= 0.3 is 5.97 Å². The number of hydrogen-bond donors (Lipinski definition) is 1. The summed E-state index contributed by atoms with van der Waals surface area (Å²) >= 11 is 2.78. The first-order valence-electron chi connectivity index (χ1n) is 4.91. The molecule has 0 saturated heterocycles. The van der Waals surface area contributed by atoms with Gasteiger partial charge in [0.2, 0.25) is 0 Å². The van der Waals surface area contributed by atoms with Crippen molar-refractivity contribution in [2.45, 2.75) is 41.2 Å². The molecular formula is C9H12N2O2S2. The Morgan fingerprint density at radius 3 is 2.73 bits per heavy atom. The Bertz CT molecular complexity index is 334. The second kappa shape index (κ2) is 4.49. The average Bonchev–Trinajstić information content (AvgIpc) is 2.71. The normalized spacial score (nSPS) is 20.0. The Morgan fingerprint density at radius 2 is 2.20 bits per heavy atom. The third-order valence-corrected chi connectivity index (χ3v) is 4.93. The summed E-state index contributed by atoms with van der Waals surface area (Å²) in [5, 5.41) is 17.0. The Morgan fingerprint density at radius 1 is 1.47 bits per heavy atom. The quantitative estimate of drug-likeness (QED) is 0.884.